The largest absolute Gasteiger partial charge is 0.424 e. The number of rotatable bonds is 4. The number of amides is 2. The van der Waals surface area contributed by atoms with Crippen LogP contribution in [0.1, 0.15) is 59.3 Å². The van der Waals surface area contributed by atoms with E-state index in [0.717, 1.165) is 44.3 Å². The van der Waals surface area contributed by atoms with E-state index in [9.17, 15) is 9.59 Å². The quantitative estimate of drug-likeness (QED) is 0.801. The second kappa shape index (κ2) is 8.08. The molecule has 2 aliphatic rings. The van der Waals surface area contributed by atoms with Gasteiger partial charge in [-0.15, -0.1) is 10.2 Å². The van der Waals surface area contributed by atoms with Crippen LogP contribution in [0.4, 0.5) is 0 Å². The van der Waals surface area contributed by atoms with Crippen LogP contribution in [-0.2, 0) is 11.2 Å². The zero-order valence-electron chi connectivity index (χ0n) is 16.1. The van der Waals surface area contributed by atoms with Crippen molar-refractivity contribution < 1.29 is 14.0 Å². The Morgan fingerprint density at radius 3 is 2.54 bits per heavy atom. The lowest BCUT2D eigenvalue weighted by Gasteiger charge is -2.30. The van der Waals surface area contributed by atoms with Crippen molar-refractivity contribution in [2.24, 2.45) is 0 Å². The van der Waals surface area contributed by atoms with E-state index in [-0.39, 0.29) is 24.2 Å². The smallest absolute Gasteiger partial charge is 0.255 e. The zero-order valence-corrected chi connectivity index (χ0v) is 16.1. The predicted molar refractivity (Wildman–Crippen MR) is 101 cm³/mol. The fourth-order valence-electron chi connectivity index (χ4n) is 3.89. The number of carbonyl (C=O) groups excluding carboxylic acids is 2. The fourth-order valence-corrected chi connectivity index (χ4v) is 3.89. The van der Waals surface area contributed by atoms with Crippen molar-refractivity contribution in [1.29, 1.82) is 0 Å². The highest BCUT2D eigenvalue weighted by Crippen LogP contribution is 2.28. The van der Waals surface area contributed by atoms with Gasteiger partial charge in [0.2, 0.25) is 17.7 Å². The predicted octanol–water partition coefficient (Wildman–Crippen LogP) is 1.96. The van der Waals surface area contributed by atoms with Crippen LogP contribution in [0, 0.1) is 6.92 Å². The standard InChI is InChI=1S/C20H25N5O3/c1-14-10-16(13-21-12-14)20(27)25-8-4-15(5-9-25)19-23-22-17(28-19)11-18(26)24-6-2-3-7-24/h10,12-13,15H,2-9,11H2,1H3. The summed E-state index contributed by atoms with van der Waals surface area (Å²) >= 11 is 0. The molecule has 148 valence electrons. The van der Waals surface area contributed by atoms with Crippen molar-refractivity contribution >= 4 is 11.8 Å². The lowest BCUT2D eigenvalue weighted by atomic mass is 9.96. The summed E-state index contributed by atoms with van der Waals surface area (Å²) in [5, 5.41) is 8.22. The molecule has 2 aromatic rings. The van der Waals surface area contributed by atoms with E-state index in [4.69, 9.17) is 4.42 Å². The molecule has 0 spiro atoms. The van der Waals surface area contributed by atoms with Gasteiger partial charge in [-0.1, -0.05) is 0 Å². The number of likely N-dealkylation sites (tertiary alicyclic amines) is 2. The number of pyridine rings is 1. The van der Waals surface area contributed by atoms with Gasteiger partial charge in [0.05, 0.1) is 5.56 Å². The first-order valence-corrected chi connectivity index (χ1v) is 9.91. The third-order valence-corrected chi connectivity index (χ3v) is 5.50. The van der Waals surface area contributed by atoms with Crippen molar-refractivity contribution in [2.75, 3.05) is 26.2 Å². The number of hydrogen-bond acceptors (Lipinski definition) is 6. The van der Waals surface area contributed by atoms with Gasteiger partial charge in [-0.2, -0.15) is 0 Å². The Morgan fingerprint density at radius 1 is 1.07 bits per heavy atom. The van der Waals surface area contributed by atoms with Gasteiger partial charge in [0.1, 0.15) is 6.42 Å². The van der Waals surface area contributed by atoms with Gasteiger partial charge in [-0.25, -0.2) is 0 Å². The second-order valence-electron chi connectivity index (χ2n) is 7.62. The minimum Gasteiger partial charge on any atom is -0.424 e. The summed E-state index contributed by atoms with van der Waals surface area (Å²) in [5.74, 6) is 1.16. The average Bonchev–Trinajstić information content (AvgIpc) is 3.40. The van der Waals surface area contributed by atoms with Crippen LogP contribution in [0.3, 0.4) is 0 Å². The first-order valence-electron chi connectivity index (χ1n) is 9.91. The Kier molecular flexibility index (Phi) is 5.36. The molecule has 2 aliphatic heterocycles. The summed E-state index contributed by atoms with van der Waals surface area (Å²) in [6, 6.07) is 1.86. The van der Waals surface area contributed by atoms with E-state index in [0.29, 0.717) is 30.4 Å². The maximum Gasteiger partial charge on any atom is 0.255 e. The highest BCUT2D eigenvalue weighted by atomic mass is 16.4. The molecule has 0 N–H and O–H groups in total. The lowest BCUT2D eigenvalue weighted by Crippen LogP contribution is -2.38. The van der Waals surface area contributed by atoms with Crippen LogP contribution in [0.5, 0.6) is 0 Å². The molecular weight excluding hydrogens is 358 g/mol. The number of aromatic nitrogens is 3. The molecule has 2 saturated heterocycles. The molecule has 0 bridgehead atoms. The van der Waals surface area contributed by atoms with Gasteiger partial charge in [-0.05, 0) is 44.2 Å². The summed E-state index contributed by atoms with van der Waals surface area (Å²) in [5.41, 5.74) is 1.60. The topological polar surface area (TPSA) is 92.4 Å². The molecule has 0 unspecified atom stereocenters. The van der Waals surface area contributed by atoms with E-state index in [2.05, 4.69) is 15.2 Å². The number of aryl methyl sites for hydroxylation is 1. The van der Waals surface area contributed by atoms with Crippen LogP contribution >= 0.6 is 0 Å². The fraction of sp³-hybridized carbons (Fsp3) is 0.550. The summed E-state index contributed by atoms with van der Waals surface area (Å²) in [6.45, 7) is 4.85. The molecule has 4 heterocycles. The average molecular weight is 383 g/mol. The maximum absolute atomic E-state index is 12.6. The van der Waals surface area contributed by atoms with Gasteiger partial charge in [-0.3, -0.25) is 14.6 Å². The minimum absolute atomic E-state index is 0.0112. The Labute approximate surface area is 163 Å². The zero-order chi connectivity index (χ0) is 19.5. The van der Waals surface area contributed by atoms with Crippen molar-refractivity contribution in [2.45, 2.75) is 44.9 Å². The molecule has 4 rings (SSSR count). The molecule has 28 heavy (non-hydrogen) atoms. The number of hydrogen-bond donors (Lipinski definition) is 0. The van der Waals surface area contributed by atoms with E-state index >= 15 is 0 Å². The molecule has 2 fully saturated rings. The van der Waals surface area contributed by atoms with Gasteiger partial charge in [0.15, 0.2) is 0 Å². The number of carbonyl (C=O) groups is 2. The Hall–Kier alpha value is -2.77. The summed E-state index contributed by atoms with van der Waals surface area (Å²) in [7, 11) is 0. The normalized spacial score (nSPS) is 17.9. The molecule has 0 aromatic carbocycles. The molecule has 2 amide bonds. The number of nitrogens with zero attached hydrogens (tertiary/aromatic N) is 5. The van der Waals surface area contributed by atoms with Crippen LogP contribution in [0.2, 0.25) is 0 Å². The Balaban J connectivity index is 1.32. The molecule has 0 saturated carbocycles. The highest BCUT2D eigenvalue weighted by Gasteiger charge is 2.28. The molecule has 8 heteroatoms. The van der Waals surface area contributed by atoms with E-state index in [1.807, 2.05) is 22.8 Å². The van der Waals surface area contributed by atoms with Crippen LogP contribution in [0.15, 0.2) is 22.9 Å². The third kappa shape index (κ3) is 4.05. The first kappa shape index (κ1) is 18.6. The Morgan fingerprint density at radius 2 is 1.82 bits per heavy atom. The third-order valence-electron chi connectivity index (χ3n) is 5.50. The molecular formula is C20H25N5O3. The van der Waals surface area contributed by atoms with Crippen molar-refractivity contribution in [3.8, 4) is 0 Å². The number of piperidine rings is 1. The summed E-state index contributed by atoms with van der Waals surface area (Å²) < 4.78 is 5.77. The SMILES string of the molecule is Cc1cncc(C(=O)N2CCC(c3nnc(CC(=O)N4CCCC4)o3)CC2)c1. The lowest BCUT2D eigenvalue weighted by molar-refractivity contribution is -0.129. The van der Waals surface area contributed by atoms with Crippen molar-refractivity contribution in [3.05, 3.63) is 41.4 Å². The molecule has 0 radical (unpaired) electrons. The van der Waals surface area contributed by atoms with Crippen LogP contribution in [-0.4, -0.2) is 63.0 Å². The van der Waals surface area contributed by atoms with E-state index in [1.165, 1.54) is 0 Å². The summed E-state index contributed by atoms with van der Waals surface area (Å²) in [4.78, 5) is 32.7. The second-order valence-corrected chi connectivity index (χ2v) is 7.62. The monoisotopic (exact) mass is 383 g/mol. The van der Waals surface area contributed by atoms with Crippen LogP contribution in [0.25, 0.3) is 0 Å². The highest BCUT2D eigenvalue weighted by molar-refractivity contribution is 5.94. The molecule has 0 atom stereocenters. The van der Waals surface area contributed by atoms with Gasteiger partial charge in [0, 0.05) is 44.5 Å². The van der Waals surface area contributed by atoms with E-state index < -0.39 is 0 Å². The van der Waals surface area contributed by atoms with Crippen molar-refractivity contribution in [3.63, 3.8) is 0 Å². The molecule has 8 nitrogen and oxygen atoms in total. The molecule has 2 aromatic heterocycles. The van der Waals surface area contributed by atoms with Crippen molar-refractivity contribution in [1.82, 2.24) is 25.0 Å². The first-order chi connectivity index (χ1) is 13.6. The van der Waals surface area contributed by atoms with Gasteiger partial charge < -0.3 is 14.2 Å². The van der Waals surface area contributed by atoms with Gasteiger partial charge in [0.25, 0.3) is 5.91 Å². The van der Waals surface area contributed by atoms with E-state index in [1.54, 1.807) is 12.4 Å². The molecule has 0 aliphatic carbocycles. The Bertz CT molecular complexity index is 851. The summed E-state index contributed by atoms with van der Waals surface area (Å²) in [6.07, 6.45) is 7.20. The minimum atomic E-state index is 0.0112. The maximum atomic E-state index is 12.6. The van der Waals surface area contributed by atoms with Crippen LogP contribution < -0.4 is 0 Å². The van der Waals surface area contributed by atoms with Gasteiger partial charge >= 0.3 is 0 Å².